The molecule has 7 nitrogen and oxygen atoms in total. The van der Waals surface area contributed by atoms with E-state index >= 15 is 0 Å². The molecule has 0 aliphatic heterocycles. The molecule has 0 aliphatic carbocycles. The van der Waals surface area contributed by atoms with E-state index in [0.29, 0.717) is 29.0 Å². The number of carboxylic acids is 1. The predicted molar refractivity (Wildman–Crippen MR) is 122 cm³/mol. The Morgan fingerprint density at radius 2 is 1.79 bits per heavy atom. The van der Waals surface area contributed by atoms with E-state index in [1.807, 2.05) is 0 Å². The Labute approximate surface area is 215 Å². The molecule has 4 rings (SSSR count). The van der Waals surface area contributed by atoms with Gasteiger partial charge in [0.2, 0.25) is 0 Å². The molecule has 1 N–H and O–H groups in total. The maximum Gasteiger partial charge on any atom is 0.573 e. The highest BCUT2D eigenvalue weighted by Gasteiger charge is 2.32. The Morgan fingerprint density at radius 1 is 1.05 bits per heavy atom. The summed E-state index contributed by atoms with van der Waals surface area (Å²) in [6, 6.07) is 8.04. The molecule has 2 aromatic carbocycles. The highest BCUT2D eigenvalue weighted by Crippen LogP contribution is 2.34. The van der Waals surface area contributed by atoms with Gasteiger partial charge < -0.3 is 24.7 Å². The number of carboxylic acid groups (broad SMARTS) is 1. The van der Waals surface area contributed by atoms with Crippen LogP contribution in [0.5, 0.6) is 17.2 Å². The van der Waals surface area contributed by atoms with Crippen LogP contribution < -0.4 is 19.9 Å². The molecule has 0 bridgehead atoms. The smallest absolute Gasteiger partial charge is 0.545 e. The van der Waals surface area contributed by atoms with Gasteiger partial charge in [0.25, 0.3) is 0 Å². The first-order valence-electron chi connectivity index (χ1n) is 11.1. The number of aryl methyl sites for hydroxylation is 1. The Bertz CT molecular complexity index is 1530. The van der Waals surface area contributed by atoms with Crippen molar-refractivity contribution in [2.45, 2.75) is 25.9 Å². The summed E-state index contributed by atoms with van der Waals surface area (Å²) in [5.74, 6) is -4.06. The summed E-state index contributed by atoms with van der Waals surface area (Å²) in [4.78, 5) is 15.5. The molecule has 0 amide bonds. The molecular weight excluding hydrogens is 539 g/mol. The van der Waals surface area contributed by atoms with E-state index in [0.717, 1.165) is 6.07 Å². The molecule has 2 aromatic heterocycles. The van der Waals surface area contributed by atoms with E-state index in [4.69, 9.17) is 4.74 Å². The monoisotopic (exact) mass is 556 g/mol. The lowest BCUT2D eigenvalue weighted by Crippen LogP contribution is -2.23. The van der Waals surface area contributed by atoms with Crippen molar-refractivity contribution in [3.05, 3.63) is 71.8 Å². The lowest BCUT2D eigenvalue weighted by molar-refractivity contribution is -0.275. The first-order chi connectivity index (χ1) is 18.2. The minimum atomic E-state index is -5.11. The second-order valence-electron chi connectivity index (χ2n) is 8.28. The van der Waals surface area contributed by atoms with Crippen LogP contribution in [0.1, 0.15) is 22.3 Å². The number of carbonyl (C=O) groups excluding carboxylic acids is 1. The quantitative estimate of drug-likeness (QED) is 0.273. The summed E-state index contributed by atoms with van der Waals surface area (Å²) in [5, 5.41) is 13.9. The van der Waals surface area contributed by atoms with Gasteiger partial charge in [-0.3, -0.25) is 4.40 Å². The third-order valence-electron chi connectivity index (χ3n) is 5.41. The Morgan fingerprint density at radius 3 is 2.41 bits per heavy atom. The third kappa shape index (κ3) is 6.69. The first kappa shape index (κ1) is 27.5. The molecule has 0 unspecified atom stereocenters. The number of hydrogen-bond acceptors (Lipinski definition) is 6. The maximum absolute atomic E-state index is 14.2. The molecule has 4 aromatic rings. The number of aromatic nitrogens is 2. The fourth-order valence-corrected chi connectivity index (χ4v) is 3.74. The number of alkyl halides is 6. The molecule has 2 heterocycles. The van der Waals surface area contributed by atoms with Crippen molar-refractivity contribution in [2.75, 3.05) is 11.9 Å². The van der Waals surface area contributed by atoms with Crippen molar-refractivity contribution in [3.8, 4) is 28.5 Å². The molecule has 0 spiro atoms. The van der Waals surface area contributed by atoms with Crippen LogP contribution in [-0.4, -0.2) is 34.4 Å². The maximum atomic E-state index is 14.2. The standard InChI is InChI=1S/C25H18F7N3O4/c1-13-8-14(2-4-17(13)23(36)37)20-11-34-22-19(33-7-6-24(27,28)29)10-16(12-35(20)22)38-15-3-5-21(18(26)9-15)39-25(30,31)32/h2-5,8-12,33H,6-7H2,1H3,(H,36,37)/p-1. The predicted octanol–water partition coefficient (Wildman–Crippen LogP) is 5.87. The molecule has 206 valence electrons. The van der Waals surface area contributed by atoms with Gasteiger partial charge in [-0.25, -0.2) is 9.37 Å². The number of nitrogens with zero attached hydrogens (tertiary/aromatic N) is 2. The van der Waals surface area contributed by atoms with Gasteiger partial charge in [-0.1, -0.05) is 12.1 Å². The van der Waals surface area contributed by atoms with Gasteiger partial charge in [0.1, 0.15) is 11.5 Å². The summed E-state index contributed by atoms with van der Waals surface area (Å²) in [6.45, 7) is 1.04. The van der Waals surface area contributed by atoms with Gasteiger partial charge >= 0.3 is 12.5 Å². The minimum Gasteiger partial charge on any atom is -0.545 e. The highest BCUT2D eigenvalue weighted by molar-refractivity contribution is 5.88. The number of nitrogens with one attached hydrogen (secondary N) is 1. The molecule has 0 radical (unpaired) electrons. The van der Waals surface area contributed by atoms with E-state index in [-0.39, 0.29) is 28.4 Å². The zero-order chi connectivity index (χ0) is 28.5. The van der Waals surface area contributed by atoms with Crippen molar-refractivity contribution in [1.29, 1.82) is 0 Å². The van der Waals surface area contributed by atoms with Gasteiger partial charge in [0.05, 0.1) is 36.2 Å². The summed E-state index contributed by atoms with van der Waals surface area (Å²) >= 11 is 0. The van der Waals surface area contributed by atoms with Gasteiger partial charge in [0.15, 0.2) is 17.2 Å². The van der Waals surface area contributed by atoms with Crippen molar-refractivity contribution >= 4 is 17.3 Å². The fourth-order valence-electron chi connectivity index (χ4n) is 3.74. The number of imidazole rings is 1. The average Bonchev–Trinajstić information content (AvgIpc) is 3.23. The number of hydrogen-bond donors (Lipinski definition) is 1. The van der Waals surface area contributed by atoms with Crippen LogP contribution in [0.25, 0.3) is 16.9 Å². The van der Waals surface area contributed by atoms with Gasteiger partial charge in [-0.2, -0.15) is 13.2 Å². The van der Waals surface area contributed by atoms with E-state index in [1.54, 1.807) is 13.0 Å². The SMILES string of the molecule is Cc1cc(-c2cnc3c(NCCC(F)(F)F)cc(Oc4ccc(OC(F)(F)F)c(F)c4)cn23)ccc1C(=O)[O-]. The zero-order valence-corrected chi connectivity index (χ0v) is 19.8. The van der Waals surface area contributed by atoms with Crippen LogP contribution in [0.4, 0.5) is 36.4 Å². The summed E-state index contributed by atoms with van der Waals surface area (Å²) in [6.07, 6.45) is -7.92. The van der Waals surface area contributed by atoms with Crippen molar-refractivity contribution in [2.24, 2.45) is 0 Å². The Kier molecular flexibility index (Phi) is 7.31. The Balaban J connectivity index is 1.74. The first-order valence-corrected chi connectivity index (χ1v) is 11.1. The number of rotatable bonds is 8. The summed E-state index contributed by atoms with van der Waals surface area (Å²) in [7, 11) is 0. The number of fused-ring (bicyclic) bond motifs is 1. The summed E-state index contributed by atoms with van der Waals surface area (Å²) < 4.78 is 100. The number of pyridine rings is 1. The van der Waals surface area contributed by atoms with Gasteiger partial charge in [-0.05, 0) is 30.7 Å². The second kappa shape index (κ2) is 10.3. The van der Waals surface area contributed by atoms with Crippen LogP contribution in [0, 0.1) is 12.7 Å². The number of benzene rings is 2. The van der Waals surface area contributed by atoms with Crippen LogP contribution in [0.2, 0.25) is 0 Å². The van der Waals surface area contributed by atoms with Crippen LogP contribution >= 0.6 is 0 Å². The molecule has 0 saturated heterocycles. The van der Waals surface area contributed by atoms with Gasteiger partial charge in [-0.15, -0.1) is 13.2 Å². The van der Waals surface area contributed by atoms with E-state index in [1.165, 1.54) is 35.0 Å². The third-order valence-corrected chi connectivity index (χ3v) is 5.41. The molecule has 0 aliphatic rings. The lowest BCUT2D eigenvalue weighted by Gasteiger charge is -2.15. The molecular formula is C25H17F7N3O4-. The zero-order valence-electron chi connectivity index (χ0n) is 19.8. The molecule has 14 heteroatoms. The van der Waals surface area contributed by atoms with Crippen LogP contribution in [0.15, 0.2) is 54.9 Å². The number of anilines is 1. The van der Waals surface area contributed by atoms with Crippen LogP contribution in [-0.2, 0) is 0 Å². The van der Waals surface area contributed by atoms with Crippen molar-refractivity contribution in [3.63, 3.8) is 0 Å². The second-order valence-corrected chi connectivity index (χ2v) is 8.28. The van der Waals surface area contributed by atoms with E-state index in [9.17, 15) is 40.6 Å². The lowest BCUT2D eigenvalue weighted by atomic mass is 10.0. The van der Waals surface area contributed by atoms with Crippen molar-refractivity contribution < 1.29 is 50.1 Å². The number of ether oxygens (including phenoxy) is 2. The van der Waals surface area contributed by atoms with Gasteiger partial charge in [0, 0.05) is 29.8 Å². The van der Waals surface area contributed by atoms with E-state index in [2.05, 4.69) is 15.0 Å². The molecule has 0 atom stereocenters. The summed E-state index contributed by atoms with van der Waals surface area (Å²) in [5.41, 5.74) is 1.57. The number of aromatic carboxylic acids is 1. The normalized spacial score (nSPS) is 12.0. The molecule has 0 saturated carbocycles. The molecule has 0 fully saturated rings. The Hall–Kier alpha value is -4.49. The van der Waals surface area contributed by atoms with Crippen molar-refractivity contribution in [1.82, 2.24) is 9.38 Å². The highest BCUT2D eigenvalue weighted by atomic mass is 19.4. The van der Waals surface area contributed by atoms with E-state index < -0.39 is 43.0 Å². The topological polar surface area (TPSA) is 87.9 Å². The molecule has 39 heavy (non-hydrogen) atoms. The number of carbonyl (C=O) groups is 1. The largest absolute Gasteiger partial charge is 0.573 e. The van der Waals surface area contributed by atoms with Crippen LogP contribution in [0.3, 0.4) is 0 Å². The minimum absolute atomic E-state index is 0.0248. The number of halogens is 7. The fraction of sp³-hybridized carbons (Fsp3) is 0.200. The average molecular weight is 556 g/mol.